The minimum Gasteiger partial charge on any atom is -0.542 e. The molecule has 1 N–H and O–H groups in total. The number of rotatable bonds is 3. The van der Waals surface area contributed by atoms with Gasteiger partial charge in [-0.3, -0.25) is 0 Å². The maximum atomic E-state index is 11.1. The molecular formula is C13H18Cl2O3Si. The fraction of sp³-hybridized carbons (Fsp3) is 0.462. The Labute approximate surface area is 124 Å². The van der Waals surface area contributed by atoms with E-state index in [0.717, 1.165) is 0 Å². The Morgan fingerprint density at radius 3 is 2.21 bits per heavy atom. The monoisotopic (exact) mass is 320 g/mol. The van der Waals surface area contributed by atoms with E-state index in [1.807, 2.05) is 0 Å². The SMILES string of the molecule is CC(C)(C)[Si](C)(C)Oc1ccc(Cl)c(C(=O)O)c1Cl. The second-order valence-electron chi connectivity index (χ2n) is 5.90. The first kappa shape index (κ1) is 16.3. The first-order valence-corrected chi connectivity index (χ1v) is 9.54. The van der Waals surface area contributed by atoms with Gasteiger partial charge in [-0.1, -0.05) is 44.0 Å². The van der Waals surface area contributed by atoms with Crippen LogP contribution < -0.4 is 4.43 Å². The highest BCUT2D eigenvalue weighted by molar-refractivity contribution is 6.74. The molecule has 0 radical (unpaired) electrons. The van der Waals surface area contributed by atoms with Gasteiger partial charge in [0.1, 0.15) is 11.3 Å². The van der Waals surface area contributed by atoms with Crippen LogP contribution in [0.5, 0.6) is 5.75 Å². The van der Waals surface area contributed by atoms with Gasteiger partial charge in [0.05, 0.1) is 10.0 Å². The summed E-state index contributed by atoms with van der Waals surface area (Å²) in [6.45, 7) is 10.4. The standard InChI is InChI=1S/C13H18Cl2O3Si/c1-13(2,3)19(4,5)18-9-7-6-8(14)10(11(9)15)12(16)17/h6-7H,1-5H3,(H,16,17). The number of aromatic carboxylic acids is 1. The van der Waals surface area contributed by atoms with Gasteiger partial charge >= 0.3 is 5.97 Å². The van der Waals surface area contributed by atoms with E-state index in [-0.39, 0.29) is 20.6 Å². The zero-order chi connectivity index (χ0) is 15.0. The van der Waals surface area contributed by atoms with E-state index < -0.39 is 14.3 Å². The number of carbonyl (C=O) groups is 1. The summed E-state index contributed by atoms with van der Waals surface area (Å²) in [6, 6.07) is 3.12. The maximum Gasteiger partial charge on any atom is 0.338 e. The average molecular weight is 321 g/mol. The third kappa shape index (κ3) is 3.44. The molecule has 106 valence electrons. The number of hydrogen-bond acceptors (Lipinski definition) is 2. The Balaban J connectivity index is 3.25. The van der Waals surface area contributed by atoms with Crippen molar-refractivity contribution in [3.8, 4) is 5.75 Å². The van der Waals surface area contributed by atoms with Crippen LogP contribution in [0.25, 0.3) is 0 Å². The van der Waals surface area contributed by atoms with E-state index >= 15 is 0 Å². The fourth-order valence-electron chi connectivity index (χ4n) is 1.24. The van der Waals surface area contributed by atoms with Gasteiger partial charge in [-0.2, -0.15) is 0 Å². The van der Waals surface area contributed by atoms with E-state index in [1.165, 1.54) is 6.07 Å². The van der Waals surface area contributed by atoms with Crippen LogP contribution in [0.15, 0.2) is 12.1 Å². The molecule has 0 aliphatic rings. The molecule has 0 aliphatic carbocycles. The molecule has 1 rings (SSSR count). The number of benzene rings is 1. The lowest BCUT2D eigenvalue weighted by molar-refractivity contribution is 0.0697. The molecule has 0 unspecified atom stereocenters. The lowest BCUT2D eigenvalue weighted by atomic mass is 10.2. The van der Waals surface area contributed by atoms with Crippen molar-refractivity contribution < 1.29 is 14.3 Å². The Bertz CT molecular complexity index is 507. The largest absolute Gasteiger partial charge is 0.542 e. The van der Waals surface area contributed by atoms with Crippen molar-refractivity contribution >= 4 is 37.5 Å². The van der Waals surface area contributed by atoms with Crippen molar-refractivity contribution in [3.05, 3.63) is 27.7 Å². The predicted molar refractivity (Wildman–Crippen MR) is 81.2 cm³/mol. The van der Waals surface area contributed by atoms with Crippen molar-refractivity contribution in [2.24, 2.45) is 0 Å². The van der Waals surface area contributed by atoms with Crippen molar-refractivity contribution in [2.45, 2.75) is 38.9 Å². The van der Waals surface area contributed by atoms with Crippen LogP contribution in [0.3, 0.4) is 0 Å². The molecule has 0 fully saturated rings. The summed E-state index contributed by atoms with van der Waals surface area (Å²) < 4.78 is 6.03. The lowest BCUT2D eigenvalue weighted by Gasteiger charge is -2.36. The first-order valence-electron chi connectivity index (χ1n) is 5.87. The Kier molecular flexibility index (Phi) is 4.60. The summed E-state index contributed by atoms with van der Waals surface area (Å²) in [5.74, 6) is -0.772. The van der Waals surface area contributed by atoms with Crippen LogP contribution in [-0.4, -0.2) is 19.4 Å². The van der Waals surface area contributed by atoms with Gasteiger partial charge in [-0.15, -0.1) is 0 Å². The van der Waals surface area contributed by atoms with Gasteiger partial charge in [-0.05, 0) is 30.3 Å². The molecule has 19 heavy (non-hydrogen) atoms. The van der Waals surface area contributed by atoms with Gasteiger partial charge in [0, 0.05) is 0 Å². The van der Waals surface area contributed by atoms with Gasteiger partial charge in [-0.25, -0.2) is 4.79 Å². The topological polar surface area (TPSA) is 46.5 Å². The zero-order valence-corrected chi connectivity index (χ0v) is 14.2. The molecule has 6 heteroatoms. The molecule has 0 amide bonds. The van der Waals surface area contributed by atoms with Crippen molar-refractivity contribution in [2.75, 3.05) is 0 Å². The summed E-state index contributed by atoms with van der Waals surface area (Å²) >= 11 is 11.9. The summed E-state index contributed by atoms with van der Waals surface area (Å²) in [7, 11) is -2.07. The summed E-state index contributed by atoms with van der Waals surface area (Å²) in [6.07, 6.45) is 0. The Morgan fingerprint density at radius 2 is 1.79 bits per heavy atom. The van der Waals surface area contributed by atoms with E-state index in [1.54, 1.807) is 6.07 Å². The van der Waals surface area contributed by atoms with Gasteiger partial charge < -0.3 is 9.53 Å². The van der Waals surface area contributed by atoms with Crippen LogP contribution in [0.1, 0.15) is 31.1 Å². The molecule has 0 bridgehead atoms. The fourth-order valence-corrected chi connectivity index (χ4v) is 2.90. The molecule has 0 heterocycles. The minimum absolute atomic E-state index is 0.000643. The molecule has 0 atom stereocenters. The van der Waals surface area contributed by atoms with E-state index in [0.29, 0.717) is 5.75 Å². The first-order chi connectivity index (χ1) is 8.47. The van der Waals surface area contributed by atoms with Crippen LogP contribution >= 0.6 is 23.2 Å². The van der Waals surface area contributed by atoms with Crippen molar-refractivity contribution in [1.82, 2.24) is 0 Å². The van der Waals surface area contributed by atoms with Crippen LogP contribution in [-0.2, 0) is 0 Å². The van der Waals surface area contributed by atoms with Crippen LogP contribution in [0.4, 0.5) is 0 Å². The highest BCUT2D eigenvalue weighted by Crippen LogP contribution is 2.41. The molecule has 0 saturated heterocycles. The van der Waals surface area contributed by atoms with Crippen molar-refractivity contribution in [1.29, 1.82) is 0 Å². The van der Waals surface area contributed by atoms with Gasteiger partial charge in [0.15, 0.2) is 0 Å². The van der Waals surface area contributed by atoms with E-state index in [9.17, 15) is 4.79 Å². The summed E-state index contributed by atoms with van der Waals surface area (Å²) in [4.78, 5) is 11.1. The van der Waals surface area contributed by atoms with Gasteiger partial charge in [0.2, 0.25) is 0 Å². The highest BCUT2D eigenvalue weighted by atomic mass is 35.5. The summed E-state index contributed by atoms with van der Waals surface area (Å²) in [5, 5.41) is 9.29. The molecule has 0 spiro atoms. The smallest absolute Gasteiger partial charge is 0.338 e. The summed E-state index contributed by atoms with van der Waals surface area (Å²) in [5.41, 5.74) is -0.112. The van der Waals surface area contributed by atoms with Crippen LogP contribution in [0, 0.1) is 0 Å². The Hall–Kier alpha value is -0.713. The molecule has 3 nitrogen and oxygen atoms in total. The van der Waals surface area contributed by atoms with Crippen molar-refractivity contribution in [3.63, 3.8) is 0 Å². The van der Waals surface area contributed by atoms with Crippen LogP contribution in [0.2, 0.25) is 28.2 Å². The molecule has 0 saturated carbocycles. The van der Waals surface area contributed by atoms with Gasteiger partial charge in [0.25, 0.3) is 8.32 Å². The average Bonchev–Trinajstić information content (AvgIpc) is 2.20. The molecule has 0 aliphatic heterocycles. The number of hydrogen-bond donors (Lipinski definition) is 1. The quantitative estimate of drug-likeness (QED) is 0.790. The second-order valence-corrected chi connectivity index (χ2v) is 11.4. The van der Waals surface area contributed by atoms with E-state index in [2.05, 4.69) is 33.9 Å². The molecule has 1 aromatic carbocycles. The molecule has 1 aromatic rings. The predicted octanol–water partition coefficient (Wildman–Crippen LogP) is 5.08. The number of halogens is 2. The third-order valence-corrected chi connectivity index (χ3v) is 8.47. The molecule has 0 aromatic heterocycles. The maximum absolute atomic E-state index is 11.1. The zero-order valence-electron chi connectivity index (χ0n) is 11.7. The minimum atomic E-state index is -2.07. The number of carboxylic acid groups (broad SMARTS) is 1. The second kappa shape index (κ2) is 5.35. The lowest BCUT2D eigenvalue weighted by Crippen LogP contribution is -2.44. The normalized spacial score (nSPS) is 12.4. The molecular weight excluding hydrogens is 303 g/mol. The third-order valence-electron chi connectivity index (χ3n) is 3.44. The highest BCUT2D eigenvalue weighted by Gasteiger charge is 2.39. The Morgan fingerprint density at radius 1 is 1.26 bits per heavy atom. The number of carboxylic acids is 1. The van der Waals surface area contributed by atoms with E-state index in [4.69, 9.17) is 32.7 Å².